The molecular formula is C21H22N2O4. The number of ether oxygens (including phenoxy) is 1. The number of carbonyl (C=O) groups excluding carboxylic acids is 1. The van der Waals surface area contributed by atoms with E-state index in [1.165, 1.54) is 0 Å². The summed E-state index contributed by atoms with van der Waals surface area (Å²) in [5.41, 5.74) is 4.66. The van der Waals surface area contributed by atoms with Crippen molar-refractivity contribution in [3.8, 4) is 5.75 Å². The number of H-pyrrole nitrogens is 1. The van der Waals surface area contributed by atoms with Crippen LogP contribution in [-0.2, 0) is 16.1 Å². The quantitative estimate of drug-likeness (QED) is 0.474. The average Bonchev–Trinajstić information content (AvgIpc) is 2.67. The normalized spacial score (nSPS) is 10.7. The summed E-state index contributed by atoms with van der Waals surface area (Å²) in [6.07, 6.45) is 0.509. The van der Waals surface area contributed by atoms with Gasteiger partial charge in [-0.3, -0.25) is 14.4 Å². The van der Waals surface area contributed by atoms with Gasteiger partial charge in [0.05, 0.1) is 0 Å². The van der Waals surface area contributed by atoms with Crippen molar-refractivity contribution in [1.82, 2.24) is 10.5 Å². The lowest BCUT2D eigenvalue weighted by Crippen LogP contribution is -2.27. The van der Waals surface area contributed by atoms with Gasteiger partial charge in [-0.1, -0.05) is 30.3 Å². The van der Waals surface area contributed by atoms with Crippen LogP contribution in [0.1, 0.15) is 17.5 Å². The number of para-hydroxylation sites is 1. The molecule has 0 bridgehead atoms. The van der Waals surface area contributed by atoms with Crippen LogP contribution in [0.3, 0.4) is 0 Å². The first-order valence-electron chi connectivity index (χ1n) is 8.83. The molecule has 0 spiro atoms. The number of rotatable bonds is 8. The lowest BCUT2D eigenvalue weighted by Gasteiger charge is -2.08. The van der Waals surface area contributed by atoms with Gasteiger partial charge < -0.3 is 9.72 Å². The zero-order chi connectivity index (χ0) is 19.1. The van der Waals surface area contributed by atoms with E-state index in [0.717, 1.165) is 22.2 Å². The summed E-state index contributed by atoms with van der Waals surface area (Å²) >= 11 is 0. The molecule has 2 N–H and O–H groups in total. The summed E-state index contributed by atoms with van der Waals surface area (Å²) in [5, 5.41) is 0.949. The molecule has 0 atom stereocenters. The highest BCUT2D eigenvalue weighted by atomic mass is 16.7. The summed E-state index contributed by atoms with van der Waals surface area (Å²) in [6, 6.07) is 17.1. The number of amides is 1. The monoisotopic (exact) mass is 366 g/mol. The first-order chi connectivity index (χ1) is 13.1. The Kier molecular flexibility index (Phi) is 6.22. The van der Waals surface area contributed by atoms with Crippen LogP contribution < -0.4 is 15.8 Å². The summed E-state index contributed by atoms with van der Waals surface area (Å²) in [4.78, 5) is 32.0. The maximum atomic E-state index is 12.2. The summed E-state index contributed by atoms with van der Waals surface area (Å²) in [6.45, 7) is 2.53. The SMILES string of the molecule is Cc1ccc2cc(CCC(=O)NOCCOc3ccccc3)c(=O)[nH]c2c1. The third-order valence-corrected chi connectivity index (χ3v) is 4.08. The van der Waals surface area contributed by atoms with Crippen molar-refractivity contribution in [3.63, 3.8) is 0 Å². The van der Waals surface area contributed by atoms with Crippen molar-refractivity contribution in [2.24, 2.45) is 0 Å². The number of benzene rings is 2. The molecule has 0 aliphatic heterocycles. The molecule has 1 amide bonds. The van der Waals surface area contributed by atoms with Crippen molar-refractivity contribution in [2.75, 3.05) is 13.2 Å². The first kappa shape index (κ1) is 18.7. The molecule has 0 unspecified atom stereocenters. The molecule has 140 valence electrons. The Morgan fingerprint density at radius 2 is 1.89 bits per heavy atom. The fraction of sp³-hybridized carbons (Fsp3) is 0.238. The Labute approximate surface area is 157 Å². The number of hydroxylamine groups is 1. The number of fused-ring (bicyclic) bond motifs is 1. The van der Waals surface area contributed by atoms with Crippen LogP contribution in [0.2, 0.25) is 0 Å². The van der Waals surface area contributed by atoms with E-state index in [2.05, 4.69) is 10.5 Å². The molecule has 0 saturated heterocycles. The summed E-state index contributed by atoms with van der Waals surface area (Å²) in [7, 11) is 0. The van der Waals surface area contributed by atoms with Gasteiger partial charge in [-0.15, -0.1) is 0 Å². The molecule has 0 radical (unpaired) electrons. The molecule has 0 aliphatic carbocycles. The van der Waals surface area contributed by atoms with Crippen molar-refractivity contribution in [1.29, 1.82) is 0 Å². The van der Waals surface area contributed by atoms with Crippen molar-refractivity contribution >= 4 is 16.8 Å². The topological polar surface area (TPSA) is 80.4 Å². The average molecular weight is 366 g/mol. The fourth-order valence-corrected chi connectivity index (χ4v) is 2.69. The van der Waals surface area contributed by atoms with Crippen LogP contribution in [0.4, 0.5) is 0 Å². The number of carbonyl (C=O) groups is 1. The smallest absolute Gasteiger partial charge is 0.251 e. The van der Waals surface area contributed by atoms with Crippen LogP contribution in [0.25, 0.3) is 10.9 Å². The molecule has 1 heterocycles. The van der Waals surface area contributed by atoms with Gasteiger partial charge >= 0.3 is 0 Å². The Morgan fingerprint density at radius 1 is 1.07 bits per heavy atom. The maximum Gasteiger partial charge on any atom is 0.251 e. The van der Waals surface area contributed by atoms with Crippen LogP contribution in [0.15, 0.2) is 59.4 Å². The fourth-order valence-electron chi connectivity index (χ4n) is 2.69. The van der Waals surface area contributed by atoms with Gasteiger partial charge in [-0.2, -0.15) is 0 Å². The zero-order valence-corrected chi connectivity index (χ0v) is 15.2. The minimum absolute atomic E-state index is 0.167. The Bertz CT molecular complexity index is 967. The van der Waals surface area contributed by atoms with E-state index in [1.807, 2.05) is 61.5 Å². The lowest BCUT2D eigenvalue weighted by atomic mass is 10.1. The summed E-state index contributed by atoms with van der Waals surface area (Å²) in [5.74, 6) is 0.469. The third kappa shape index (κ3) is 5.43. The van der Waals surface area contributed by atoms with Crippen LogP contribution >= 0.6 is 0 Å². The lowest BCUT2D eigenvalue weighted by molar-refractivity contribution is -0.134. The van der Waals surface area contributed by atoms with Gasteiger partial charge in [0, 0.05) is 17.5 Å². The molecule has 2 aromatic carbocycles. The van der Waals surface area contributed by atoms with E-state index in [-0.39, 0.29) is 24.5 Å². The number of hydrogen-bond donors (Lipinski definition) is 2. The van der Waals surface area contributed by atoms with E-state index in [1.54, 1.807) is 0 Å². The molecule has 6 nitrogen and oxygen atoms in total. The Balaban J connectivity index is 1.42. The number of aromatic nitrogens is 1. The van der Waals surface area contributed by atoms with Gasteiger partial charge in [0.1, 0.15) is 19.0 Å². The zero-order valence-electron chi connectivity index (χ0n) is 15.2. The third-order valence-electron chi connectivity index (χ3n) is 4.08. The molecule has 3 aromatic rings. The predicted molar refractivity (Wildman–Crippen MR) is 104 cm³/mol. The van der Waals surface area contributed by atoms with Crippen molar-refractivity contribution in [2.45, 2.75) is 19.8 Å². The van der Waals surface area contributed by atoms with E-state index in [0.29, 0.717) is 18.6 Å². The van der Waals surface area contributed by atoms with Crippen LogP contribution in [0.5, 0.6) is 5.75 Å². The van der Waals surface area contributed by atoms with E-state index in [9.17, 15) is 9.59 Å². The highest BCUT2D eigenvalue weighted by Gasteiger charge is 2.07. The van der Waals surface area contributed by atoms with E-state index >= 15 is 0 Å². The Hall–Kier alpha value is -3.12. The van der Waals surface area contributed by atoms with Crippen LogP contribution in [-0.4, -0.2) is 24.1 Å². The van der Waals surface area contributed by atoms with Crippen molar-refractivity contribution < 1.29 is 14.4 Å². The molecule has 0 saturated carbocycles. The minimum atomic E-state index is -0.280. The Morgan fingerprint density at radius 3 is 2.70 bits per heavy atom. The van der Waals surface area contributed by atoms with Gasteiger partial charge in [-0.25, -0.2) is 5.48 Å². The predicted octanol–water partition coefficient (Wildman–Crippen LogP) is 2.90. The summed E-state index contributed by atoms with van der Waals surface area (Å²) < 4.78 is 5.46. The second-order valence-electron chi connectivity index (χ2n) is 6.25. The largest absolute Gasteiger partial charge is 0.491 e. The second kappa shape index (κ2) is 9.00. The number of hydrogen-bond acceptors (Lipinski definition) is 4. The molecule has 1 aromatic heterocycles. The van der Waals surface area contributed by atoms with Gasteiger partial charge in [-0.05, 0) is 48.6 Å². The second-order valence-corrected chi connectivity index (χ2v) is 6.25. The highest BCUT2D eigenvalue weighted by Crippen LogP contribution is 2.13. The number of aromatic amines is 1. The standard InChI is InChI=1S/C21H22N2O4/c1-15-7-8-16-14-17(21(25)22-19(16)13-15)9-10-20(24)23-27-12-11-26-18-5-3-2-4-6-18/h2-8,13-14H,9-12H2,1H3,(H,22,25)(H,23,24). The molecule has 0 aliphatic rings. The van der Waals surface area contributed by atoms with Gasteiger partial charge in [0.25, 0.3) is 5.56 Å². The van der Waals surface area contributed by atoms with E-state index < -0.39 is 0 Å². The minimum Gasteiger partial charge on any atom is -0.491 e. The van der Waals surface area contributed by atoms with Crippen LogP contribution in [0, 0.1) is 6.92 Å². The molecule has 3 rings (SSSR count). The maximum absolute atomic E-state index is 12.2. The first-order valence-corrected chi connectivity index (χ1v) is 8.83. The number of nitrogens with one attached hydrogen (secondary N) is 2. The van der Waals surface area contributed by atoms with E-state index in [4.69, 9.17) is 9.57 Å². The molecular weight excluding hydrogens is 344 g/mol. The molecule has 0 fully saturated rings. The molecule has 6 heteroatoms. The number of aryl methyl sites for hydroxylation is 2. The highest BCUT2D eigenvalue weighted by molar-refractivity contribution is 5.80. The van der Waals surface area contributed by atoms with Gasteiger partial charge in [0.15, 0.2) is 0 Å². The van der Waals surface area contributed by atoms with Gasteiger partial charge in [0.2, 0.25) is 5.91 Å². The number of pyridine rings is 1. The van der Waals surface area contributed by atoms with Crippen molar-refractivity contribution in [3.05, 3.63) is 76.1 Å². The molecule has 27 heavy (non-hydrogen) atoms.